The summed E-state index contributed by atoms with van der Waals surface area (Å²) in [6, 6.07) is 7.70. The van der Waals surface area contributed by atoms with Gasteiger partial charge in [0.25, 0.3) is 11.8 Å². The van der Waals surface area contributed by atoms with Crippen molar-refractivity contribution in [3.05, 3.63) is 53.3 Å². The van der Waals surface area contributed by atoms with E-state index in [-0.39, 0.29) is 55.4 Å². The van der Waals surface area contributed by atoms with E-state index in [1.807, 2.05) is 12.1 Å². The Morgan fingerprint density at radius 1 is 1.13 bits per heavy atom. The van der Waals surface area contributed by atoms with Gasteiger partial charge in [-0.3, -0.25) is 34.2 Å². The first-order chi connectivity index (χ1) is 22.8. The number of hydrogen-bond donors (Lipinski definition) is 2. The van der Waals surface area contributed by atoms with E-state index in [0.717, 1.165) is 59.9 Å². The summed E-state index contributed by atoms with van der Waals surface area (Å²) >= 11 is 0. The Morgan fingerprint density at radius 2 is 2.00 bits per heavy atom. The topological polar surface area (TPSA) is 177 Å². The number of fused-ring (bicyclic) bond motifs is 2. The number of aromatic nitrogens is 3. The van der Waals surface area contributed by atoms with Gasteiger partial charge in [-0.05, 0) is 50.2 Å². The molecule has 1 saturated carbocycles. The summed E-state index contributed by atoms with van der Waals surface area (Å²) in [6.07, 6.45) is 8.02. The van der Waals surface area contributed by atoms with E-state index in [2.05, 4.69) is 32.6 Å². The second kappa shape index (κ2) is 14.1. The van der Waals surface area contributed by atoms with Crippen molar-refractivity contribution < 1.29 is 28.7 Å². The minimum atomic E-state index is -1.03. The lowest BCUT2D eigenvalue weighted by Gasteiger charge is -2.27. The number of rotatable bonds is 12. The van der Waals surface area contributed by atoms with Crippen LogP contribution in [0.3, 0.4) is 0 Å². The number of carbonyl (C=O) groups is 5. The van der Waals surface area contributed by atoms with Gasteiger partial charge in [0, 0.05) is 48.4 Å². The van der Waals surface area contributed by atoms with E-state index in [0.29, 0.717) is 12.2 Å². The number of imide groups is 2. The number of ether oxygens (including phenoxy) is 1. The summed E-state index contributed by atoms with van der Waals surface area (Å²) in [6.45, 7) is 2.87. The van der Waals surface area contributed by atoms with Crippen LogP contribution in [0.15, 0.2) is 46.5 Å². The largest absolute Gasteiger partial charge is 0.382 e. The summed E-state index contributed by atoms with van der Waals surface area (Å²) in [5.74, 6) is -1.58. The van der Waals surface area contributed by atoms with Crippen LogP contribution in [-0.2, 0) is 25.5 Å². The predicted molar refractivity (Wildman–Crippen MR) is 172 cm³/mol. The zero-order valence-electron chi connectivity index (χ0n) is 26.1. The number of aryl methyl sites for hydroxylation is 1. The number of carbonyl (C=O) groups excluding carboxylic acids is 5. The first-order valence-corrected chi connectivity index (χ1v) is 16.0. The monoisotopic (exact) mass is 640 g/mol. The third-order valence-electron chi connectivity index (χ3n) is 8.39. The number of aliphatic imine (C=N–C) groups is 2. The van der Waals surface area contributed by atoms with Gasteiger partial charge in [-0.15, -0.1) is 0 Å². The average molecular weight is 641 g/mol. The van der Waals surface area contributed by atoms with E-state index in [1.165, 1.54) is 6.07 Å². The van der Waals surface area contributed by atoms with Crippen molar-refractivity contribution in [2.24, 2.45) is 15.9 Å². The Labute approximate surface area is 270 Å². The van der Waals surface area contributed by atoms with Crippen molar-refractivity contribution in [1.29, 1.82) is 0 Å². The molecule has 1 saturated heterocycles. The molecular weight excluding hydrogens is 604 g/mol. The molecule has 2 fully saturated rings. The number of piperidine rings is 1. The highest BCUT2D eigenvalue weighted by molar-refractivity contribution is 6.25. The standard InChI is InChI=1S/C33H36N8O6/c1-2-4-21-18-27(41-26(37-21)11-13-36-41)38-22-8-7-20(17-22)19-35-28(42)12-15-47-16-14-34-24-6-3-5-23-30(24)33(46)40(32(23)45)25-9-10-29(43)39-31(25)44/h3,5-6,11,13,18-20,25,34H,2,4,7-10,12,14-17H2,1H3,(H,39,43,44)/b35-19?,38-22+. The quantitative estimate of drug-likeness (QED) is 0.171. The van der Waals surface area contributed by atoms with Crippen LogP contribution in [-0.4, -0.2) is 86.8 Å². The highest BCUT2D eigenvalue weighted by atomic mass is 16.5. The van der Waals surface area contributed by atoms with Crippen LogP contribution in [0.2, 0.25) is 0 Å². The summed E-state index contributed by atoms with van der Waals surface area (Å²) in [5.41, 5.74) is 3.65. The minimum absolute atomic E-state index is 0.0549. The Hall–Kier alpha value is -5.11. The molecule has 2 unspecified atom stereocenters. The lowest BCUT2D eigenvalue weighted by molar-refractivity contribution is -0.136. The lowest BCUT2D eigenvalue weighted by atomic mass is 10.0. The Morgan fingerprint density at radius 3 is 2.83 bits per heavy atom. The van der Waals surface area contributed by atoms with Gasteiger partial charge in [0.2, 0.25) is 17.7 Å². The van der Waals surface area contributed by atoms with Crippen molar-refractivity contribution in [1.82, 2.24) is 24.8 Å². The van der Waals surface area contributed by atoms with Crippen molar-refractivity contribution in [2.45, 2.75) is 64.3 Å². The molecule has 2 N–H and O–H groups in total. The minimum Gasteiger partial charge on any atom is -0.382 e. The van der Waals surface area contributed by atoms with Gasteiger partial charge in [0.1, 0.15) is 6.04 Å². The van der Waals surface area contributed by atoms with Crippen LogP contribution in [0.1, 0.15) is 78.3 Å². The molecule has 2 aliphatic heterocycles. The van der Waals surface area contributed by atoms with E-state index < -0.39 is 29.7 Å². The maximum atomic E-state index is 13.2. The first kappa shape index (κ1) is 31.9. The summed E-state index contributed by atoms with van der Waals surface area (Å²) in [5, 5.41) is 9.66. The molecule has 4 heterocycles. The summed E-state index contributed by atoms with van der Waals surface area (Å²) in [7, 11) is 0. The number of amides is 5. The molecule has 14 nitrogen and oxygen atoms in total. The SMILES string of the molecule is CCCc1cc(/N=C2\CCC(C=NC(=O)CCOCCNc3cccc4c3C(=O)N(C3CCC(=O)NC3=O)C4=O)C2)n2nccc2n1. The molecule has 0 spiro atoms. The van der Waals surface area contributed by atoms with Crippen LogP contribution >= 0.6 is 0 Å². The summed E-state index contributed by atoms with van der Waals surface area (Å²) < 4.78 is 7.35. The number of nitrogens with zero attached hydrogens (tertiary/aromatic N) is 6. The van der Waals surface area contributed by atoms with E-state index in [4.69, 9.17) is 9.73 Å². The normalized spacial score (nSPS) is 20.5. The fourth-order valence-electron chi connectivity index (χ4n) is 6.10. The lowest BCUT2D eigenvalue weighted by Crippen LogP contribution is -2.54. The molecule has 47 heavy (non-hydrogen) atoms. The van der Waals surface area contributed by atoms with Crippen molar-refractivity contribution >= 4 is 58.6 Å². The Kier molecular flexibility index (Phi) is 9.57. The number of benzene rings is 1. The van der Waals surface area contributed by atoms with Crippen molar-refractivity contribution in [3.63, 3.8) is 0 Å². The highest BCUT2D eigenvalue weighted by Gasteiger charge is 2.45. The Bertz CT molecular complexity index is 1800. The maximum Gasteiger partial charge on any atom is 0.264 e. The third-order valence-corrected chi connectivity index (χ3v) is 8.39. The van der Waals surface area contributed by atoms with Crippen molar-refractivity contribution in [2.75, 3.05) is 25.1 Å². The molecule has 1 aromatic carbocycles. The molecule has 0 bridgehead atoms. The van der Waals surface area contributed by atoms with Crippen LogP contribution in [0.5, 0.6) is 0 Å². The zero-order valence-corrected chi connectivity index (χ0v) is 26.1. The van der Waals surface area contributed by atoms with Gasteiger partial charge in [0.15, 0.2) is 11.5 Å². The Balaban J connectivity index is 0.939. The van der Waals surface area contributed by atoms with Crippen LogP contribution < -0.4 is 10.6 Å². The summed E-state index contributed by atoms with van der Waals surface area (Å²) in [4.78, 5) is 77.0. The molecule has 2 aromatic heterocycles. The average Bonchev–Trinajstić information content (AvgIpc) is 3.77. The number of hydrogen-bond acceptors (Lipinski definition) is 10. The molecular formula is C33H36N8O6. The first-order valence-electron chi connectivity index (χ1n) is 16.0. The molecule has 2 atom stereocenters. The highest BCUT2D eigenvalue weighted by Crippen LogP contribution is 2.32. The number of nitrogens with one attached hydrogen (secondary N) is 2. The van der Waals surface area contributed by atoms with Gasteiger partial charge in [-0.25, -0.2) is 15.0 Å². The van der Waals surface area contributed by atoms with Crippen LogP contribution in [0, 0.1) is 5.92 Å². The van der Waals surface area contributed by atoms with E-state index >= 15 is 0 Å². The maximum absolute atomic E-state index is 13.2. The zero-order chi connectivity index (χ0) is 32.9. The van der Waals surface area contributed by atoms with Gasteiger partial charge in [-0.1, -0.05) is 19.4 Å². The molecule has 1 aliphatic carbocycles. The third kappa shape index (κ3) is 7.02. The van der Waals surface area contributed by atoms with Crippen LogP contribution in [0.4, 0.5) is 11.5 Å². The van der Waals surface area contributed by atoms with Gasteiger partial charge < -0.3 is 10.1 Å². The number of anilines is 1. The van der Waals surface area contributed by atoms with Crippen LogP contribution in [0.25, 0.3) is 5.65 Å². The predicted octanol–water partition coefficient (Wildman–Crippen LogP) is 3.07. The second-order valence-corrected chi connectivity index (χ2v) is 11.8. The molecule has 244 valence electrons. The van der Waals surface area contributed by atoms with E-state index in [1.54, 1.807) is 29.1 Å². The molecule has 14 heteroatoms. The van der Waals surface area contributed by atoms with Crippen molar-refractivity contribution in [3.8, 4) is 0 Å². The molecule has 0 radical (unpaired) electrons. The molecule has 3 aromatic rings. The smallest absolute Gasteiger partial charge is 0.264 e. The molecule has 5 amide bonds. The van der Waals surface area contributed by atoms with Gasteiger partial charge >= 0.3 is 0 Å². The van der Waals surface area contributed by atoms with Gasteiger partial charge in [-0.2, -0.15) is 9.61 Å². The molecule has 3 aliphatic rings. The second-order valence-electron chi connectivity index (χ2n) is 11.8. The molecule has 6 rings (SSSR count). The van der Waals surface area contributed by atoms with Gasteiger partial charge in [0.05, 0.1) is 37.0 Å². The fourth-order valence-corrected chi connectivity index (χ4v) is 6.10. The van der Waals surface area contributed by atoms with E-state index in [9.17, 15) is 24.0 Å². The fraction of sp³-hybridized carbons (Fsp3) is 0.424.